The van der Waals surface area contributed by atoms with E-state index in [-0.39, 0.29) is 18.0 Å². The summed E-state index contributed by atoms with van der Waals surface area (Å²) < 4.78 is 42.9. The number of rotatable bonds is 8. The number of aryl methyl sites for hydroxylation is 1. The maximum atomic E-state index is 12.3. The van der Waals surface area contributed by atoms with E-state index in [1.165, 1.54) is 13.2 Å². The van der Waals surface area contributed by atoms with Crippen molar-refractivity contribution in [3.63, 3.8) is 0 Å². The molecule has 0 bridgehead atoms. The zero-order chi connectivity index (χ0) is 17.6. The van der Waals surface area contributed by atoms with Crippen molar-refractivity contribution < 1.29 is 22.6 Å². The van der Waals surface area contributed by atoms with Crippen molar-refractivity contribution in [1.29, 1.82) is 0 Å². The molecule has 24 heavy (non-hydrogen) atoms. The molecule has 1 N–H and O–H groups in total. The van der Waals surface area contributed by atoms with Crippen molar-refractivity contribution in [1.82, 2.24) is 4.72 Å². The van der Waals surface area contributed by atoms with Crippen LogP contribution in [-0.4, -0.2) is 35.8 Å². The smallest absolute Gasteiger partial charge is 0.240 e. The molecule has 0 saturated carbocycles. The molecule has 6 nitrogen and oxygen atoms in total. The van der Waals surface area contributed by atoms with Crippen LogP contribution in [-0.2, 0) is 10.0 Å². The summed E-state index contributed by atoms with van der Waals surface area (Å²) in [7, 11) is -0.481. The minimum Gasteiger partial charge on any atom is -0.497 e. The molecule has 0 aliphatic rings. The summed E-state index contributed by atoms with van der Waals surface area (Å²) in [5.41, 5.74) is 0.621. The van der Waals surface area contributed by atoms with E-state index < -0.39 is 10.0 Å². The number of ether oxygens (including phenoxy) is 3. The van der Waals surface area contributed by atoms with Crippen LogP contribution < -0.4 is 18.9 Å². The van der Waals surface area contributed by atoms with E-state index in [0.717, 1.165) is 0 Å². The second-order valence-corrected chi connectivity index (χ2v) is 6.79. The lowest BCUT2D eigenvalue weighted by Crippen LogP contribution is -2.28. The standard InChI is InChI=1S/C17H21NO5S/c1-13-11-15(22-3)7-8-17(13)24(19,20)18-9-10-23-16-6-4-5-14(12-16)21-2/h4-8,11-12,18H,9-10H2,1-3H3. The number of benzene rings is 2. The highest BCUT2D eigenvalue weighted by Gasteiger charge is 2.16. The van der Waals surface area contributed by atoms with Crippen LogP contribution in [0.3, 0.4) is 0 Å². The number of hydrogen-bond acceptors (Lipinski definition) is 5. The van der Waals surface area contributed by atoms with Crippen LogP contribution in [0.25, 0.3) is 0 Å². The van der Waals surface area contributed by atoms with Crippen LogP contribution >= 0.6 is 0 Å². The molecule has 130 valence electrons. The normalized spacial score (nSPS) is 11.1. The minimum absolute atomic E-state index is 0.158. The zero-order valence-corrected chi connectivity index (χ0v) is 14.7. The van der Waals surface area contributed by atoms with Gasteiger partial charge in [-0.25, -0.2) is 13.1 Å². The summed E-state index contributed by atoms with van der Waals surface area (Å²) >= 11 is 0. The zero-order valence-electron chi connectivity index (χ0n) is 13.9. The van der Waals surface area contributed by atoms with Gasteiger partial charge in [0.1, 0.15) is 23.9 Å². The van der Waals surface area contributed by atoms with Gasteiger partial charge in [0.2, 0.25) is 10.0 Å². The molecule has 0 atom stereocenters. The summed E-state index contributed by atoms with van der Waals surface area (Å²) in [6.45, 7) is 2.09. The van der Waals surface area contributed by atoms with Crippen molar-refractivity contribution in [2.75, 3.05) is 27.4 Å². The molecule has 0 aromatic heterocycles. The van der Waals surface area contributed by atoms with E-state index in [2.05, 4.69) is 4.72 Å². The lowest BCUT2D eigenvalue weighted by Gasteiger charge is -2.11. The van der Waals surface area contributed by atoms with Gasteiger partial charge in [0.15, 0.2) is 0 Å². The van der Waals surface area contributed by atoms with Gasteiger partial charge in [0.05, 0.1) is 19.1 Å². The third kappa shape index (κ3) is 4.62. The second kappa shape index (κ2) is 8.03. The largest absolute Gasteiger partial charge is 0.497 e. The van der Waals surface area contributed by atoms with E-state index in [1.54, 1.807) is 44.4 Å². The van der Waals surface area contributed by atoms with Gasteiger partial charge in [-0.05, 0) is 42.8 Å². The molecule has 0 radical (unpaired) electrons. The average Bonchev–Trinajstić information content (AvgIpc) is 2.58. The Labute approximate surface area is 142 Å². The van der Waals surface area contributed by atoms with Crippen molar-refractivity contribution in [3.05, 3.63) is 48.0 Å². The van der Waals surface area contributed by atoms with Gasteiger partial charge in [-0.1, -0.05) is 6.07 Å². The predicted molar refractivity (Wildman–Crippen MR) is 91.4 cm³/mol. The first-order chi connectivity index (χ1) is 11.5. The van der Waals surface area contributed by atoms with Crippen LogP contribution in [0.2, 0.25) is 0 Å². The first-order valence-corrected chi connectivity index (χ1v) is 8.86. The fourth-order valence-electron chi connectivity index (χ4n) is 2.16. The molecule has 0 amide bonds. The van der Waals surface area contributed by atoms with E-state index in [1.807, 2.05) is 6.07 Å². The molecule has 0 aliphatic heterocycles. The molecule has 7 heteroatoms. The molecule has 2 aromatic rings. The van der Waals surface area contributed by atoms with Crippen molar-refractivity contribution >= 4 is 10.0 Å². The second-order valence-electron chi connectivity index (χ2n) is 5.06. The van der Waals surface area contributed by atoms with E-state index in [0.29, 0.717) is 22.8 Å². The minimum atomic E-state index is -3.59. The van der Waals surface area contributed by atoms with Gasteiger partial charge in [-0.3, -0.25) is 0 Å². The molecule has 0 saturated heterocycles. The Morgan fingerprint density at radius 1 is 0.958 bits per heavy atom. The molecular weight excluding hydrogens is 330 g/mol. The highest BCUT2D eigenvalue weighted by atomic mass is 32.2. The highest BCUT2D eigenvalue weighted by Crippen LogP contribution is 2.21. The monoisotopic (exact) mass is 351 g/mol. The van der Waals surface area contributed by atoms with Gasteiger partial charge >= 0.3 is 0 Å². The molecule has 0 unspecified atom stereocenters. The van der Waals surface area contributed by atoms with Crippen LogP contribution in [0.4, 0.5) is 0 Å². The average molecular weight is 351 g/mol. The molecular formula is C17H21NO5S. The lowest BCUT2D eigenvalue weighted by atomic mass is 10.2. The van der Waals surface area contributed by atoms with Crippen LogP contribution in [0.5, 0.6) is 17.2 Å². The van der Waals surface area contributed by atoms with Gasteiger partial charge in [0.25, 0.3) is 0 Å². The Morgan fingerprint density at radius 3 is 2.29 bits per heavy atom. The van der Waals surface area contributed by atoms with E-state index >= 15 is 0 Å². The highest BCUT2D eigenvalue weighted by molar-refractivity contribution is 7.89. The Hall–Kier alpha value is -2.25. The first-order valence-electron chi connectivity index (χ1n) is 7.37. The van der Waals surface area contributed by atoms with Crippen LogP contribution in [0, 0.1) is 6.92 Å². The number of hydrogen-bond donors (Lipinski definition) is 1. The summed E-state index contributed by atoms with van der Waals surface area (Å²) in [5, 5.41) is 0. The van der Waals surface area contributed by atoms with Gasteiger partial charge in [-0.15, -0.1) is 0 Å². The Bertz CT molecular complexity index is 789. The molecule has 0 spiro atoms. The predicted octanol–water partition coefficient (Wildman–Crippen LogP) is 2.37. The quantitative estimate of drug-likeness (QED) is 0.739. The molecule has 0 aliphatic carbocycles. The Morgan fingerprint density at radius 2 is 1.62 bits per heavy atom. The summed E-state index contributed by atoms with van der Waals surface area (Å²) in [6.07, 6.45) is 0. The number of nitrogens with one attached hydrogen (secondary N) is 1. The van der Waals surface area contributed by atoms with Crippen LogP contribution in [0.15, 0.2) is 47.4 Å². The maximum Gasteiger partial charge on any atom is 0.240 e. The molecule has 2 rings (SSSR count). The number of sulfonamides is 1. The first kappa shape index (κ1) is 18.1. The summed E-state index contributed by atoms with van der Waals surface area (Å²) in [5.74, 6) is 1.92. The van der Waals surface area contributed by atoms with Crippen molar-refractivity contribution in [3.8, 4) is 17.2 Å². The third-order valence-electron chi connectivity index (χ3n) is 3.38. The van der Waals surface area contributed by atoms with Crippen molar-refractivity contribution in [2.45, 2.75) is 11.8 Å². The topological polar surface area (TPSA) is 73.9 Å². The molecule has 2 aromatic carbocycles. The van der Waals surface area contributed by atoms with Gasteiger partial charge < -0.3 is 14.2 Å². The van der Waals surface area contributed by atoms with Crippen molar-refractivity contribution in [2.24, 2.45) is 0 Å². The fourth-order valence-corrected chi connectivity index (χ4v) is 3.40. The van der Waals surface area contributed by atoms with Gasteiger partial charge in [0, 0.05) is 12.6 Å². The number of methoxy groups -OCH3 is 2. The van der Waals surface area contributed by atoms with Crippen LogP contribution in [0.1, 0.15) is 5.56 Å². The van der Waals surface area contributed by atoms with E-state index in [4.69, 9.17) is 14.2 Å². The molecule has 0 fully saturated rings. The van der Waals surface area contributed by atoms with E-state index in [9.17, 15) is 8.42 Å². The summed E-state index contributed by atoms with van der Waals surface area (Å²) in [4.78, 5) is 0.227. The lowest BCUT2D eigenvalue weighted by molar-refractivity contribution is 0.320. The Kier molecular flexibility index (Phi) is 6.05. The fraction of sp³-hybridized carbons (Fsp3) is 0.294. The maximum absolute atomic E-state index is 12.3. The summed E-state index contributed by atoms with van der Waals surface area (Å²) in [6, 6.07) is 12.0. The third-order valence-corrected chi connectivity index (χ3v) is 5.00. The Balaban J connectivity index is 1.93. The SMILES string of the molecule is COc1cccc(OCCNS(=O)(=O)c2ccc(OC)cc2C)c1. The van der Waals surface area contributed by atoms with Gasteiger partial charge in [-0.2, -0.15) is 0 Å². The molecule has 0 heterocycles.